The smallest absolute Gasteiger partial charge is 0.267 e. The molecule has 1 amide bonds. The summed E-state index contributed by atoms with van der Waals surface area (Å²) < 4.78 is 0. The van der Waals surface area contributed by atoms with Gasteiger partial charge in [-0.05, 0) is 32.8 Å². The molecule has 8 heteroatoms. The molecule has 3 aromatic rings. The molecule has 0 bridgehead atoms. The molecule has 3 heterocycles. The third kappa shape index (κ3) is 3.85. The number of amides is 1. The summed E-state index contributed by atoms with van der Waals surface area (Å²) in [7, 11) is 0. The van der Waals surface area contributed by atoms with Crippen LogP contribution in [0.15, 0.2) is 0 Å². The Morgan fingerprint density at radius 3 is 2.64 bits per heavy atom. The predicted molar refractivity (Wildman–Crippen MR) is 103 cm³/mol. The summed E-state index contributed by atoms with van der Waals surface area (Å²) in [5.41, 5.74) is 1.83. The molecular weight excluding hydrogens is 354 g/mol. The zero-order valence-electron chi connectivity index (χ0n) is 14.8. The number of fused-ring (bicyclic) bond motifs is 1. The minimum absolute atomic E-state index is 0.159. The first-order valence-corrected chi connectivity index (χ1v) is 10.0. The van der Waals surface area contributed by atoms with Crippen LogP contribution in [0.2, 0.25) is 0 Å². The number of nitrogens with zero attached hydrogens (tertiary/aromatic N) is 4. The molecule has 0 saturated carbocycles. The lowest BCUT2D eigenvalue weighted by molar-refractivity contribution is 0.103. The van der Waals surface area contributed by atoms with Gasteiger partial charge in [0.25, 0.3) is 5.91 Å². The molecule has 0 radical (unpaired) electrons. The second-order valence-electron chi connectivity index (χ2n) is 6.00. The zero-order valence-corrected chi connectivity index (χ0v) is 16.5. The number of nitrogens with one attached hydrogen (secondary N) is 1. The molecule has 0 aliphatic carbocycles. The molecule has 0 spiro atoms. The number of hydrogen-bond acceptors (Lipinski definition) is 7. The van der Waals surface area contributed by atoms with Gasteiger partial charge in [-0.15, -0.1) is 21.5 Å². The fourth-order valence-electron chi connectivity index (χ4n) is 2.78. The standard InChI is InChI=1S/C17H21N5OS2/c1-5-6-7-8-12-21-22-17(24-12)20-15(23)14-9(2)13-10(3)18-11(4)19-16(13)25-14/h5-8H2,1-4H3,(H,20,22,23). The summed E-state index contributed by atoms with van der Waals surface area (Å²) in [6.07, 6.45) is 4.38. The highest BCUT2D eigenvalue weighted by molar-refractivity contribution is 7.21. The zero-order chi connectivity index (χ0) is 18.0. The van der Waals surface area contributed by atoms with E-state index in [0.29, 0.717) is 10.0 Å². The molecule has 0 atom stereocenters. The van der Waals surface area contributed by atoms with Crippen LogP contribution in [0.1, 0.15) is 57.9 Å². The number of rotatable bonds is 6. The SMILES string of the molecule is CCCCCc1nnc(NC(=O)c2sc3nc(C)nc(C)c3c2C)s1. The minimum atomic E-state index is -0.159. The predicted octanol–water partition coefficient (Wildman–Crippen LogP) is 4.45. The van der Waals surface area contributed by atoms with Gasteiger partial charge in [0.15, 0.2) is 0 Å². The molecule has 3 rings (SSSR count). The van der Waals surface area contributed by atoms with Crippen LogP contribution in [-0.4, -0.2) is 26.1 Å². The summed E-state index contributed by atoms with van der Waals surface area (Å²) in [4.78, 5) is 23.0. The van der Waals surface area contributed by atoms with Crippen LogP contribution in [0.3, 0.4) is 0 Å². The third-order valence-corrected chi connectivity index (χ3v) is 6.05. The molecule has 0 unspecified atom stereocenters. The molecule has 0 saturated heterocycles. The lowest BCUT2D eigenvalue weighted by Gasteiger charge is -2.00. The summed E-state index contributed by atoms with van der Waals surface area (Å²) in [6, 6.07) is 0. The molecule has 0 fully saturated rings. The van der Waals surface area contributed by atoms with Crippen molar-refractivity contribution in [2.24, 2.45) is 0 Å². The van der Waals surface area contributed by atoms with Gasteiger partial charge in [-0.2, -0.15) is 0 Å². The van der Waals surface area contributed by atoms with Crippen LogP contribution < -0.4 is 5.32 Å². The van der Waals surface area contributed by atoms with Crippen LogP contribution in [0.5, 0.6) is 0 Å². The van der Waals surface area contributed by atoms with Crippen molar-refractivity contribution in [2.45, 2.75) is 53.4 Å². The Hall–Kier alpha value is -1.93. The monoisotopic (exact) mass is 375 g/mol. The van der Waals surface area contributed by atoms with Crippen molar-refractivity contribution in [1.82, 2.24) is 20.2 Å². The molecular formula is C17H21N5OS2. The first-order valence-electron chi connectivity index (χ1n) is 8.37. The number of anilines is 1. The normalized spacial score (nSPS) is 11.2. The molecule has 0 aromatic carbocycles. The van der Waals surface area contributed by atoms with E-state index in [1.54, 1.807) is 0 Å². The number of carbonyl (C=O) groups excluding carboxylic acids is 1. The van der Waals surface area contributed by atoms with Crippen LogP contribution >= 0.6 is 22.7 Å². The van der Waals surface area contributed by atoms with E-state index < -0.39 is 0 Å². The van der Waals surface area contributed by atoms with Gasteiger partial charge in [0, 0.05) is 17.5 Å². The summed E-state index contributed by atoms with van der Waals surface area (Å²) in [6.45, 7) is 7.93. The van der Waals surface area contributed by atoms with E-state index in [4.69, 9.17) is 0 Å². The third-order valence-electron chi connectivity index (χ3n) is 3.97. The van der Waals surface area contributed by atoms with Gasteiger partial charge in [0.1, 0.15) is 15.7 Å². The van der Waals surface area contributed by atoms with Gasteiger partial charge < -0.3 is 0 Å². The second-order valence-corrected chi connectivity index (χ2v) is 8.07. The van der Waals surface area contributed by atoms with Crippen molar-refractivity contribution in [3.63, 3.8) is 0 Å². The maximum Gasteiger partial charge on any atom is 0.267 e. The first kappa shape index (κ1) is 17.9. The second kappa shape index (κ2) is 7.53. The van der Waals surface area contributed by atoms with Crippen molar-refractivity contribution in [3.8, 4) is 0 Å². The van der Waals surface area contributed by atoms with E-state index >= 15 is 0 Å². The number of aryl methyl sites for hydroxylation is 4. The summed E-state index contributed by atoms with van der Waals surface area (Å²) in [5.74, 6) is 0.563. The quantitative estimate of drug-likeness (QED) is 0.644. The van der Waals surface area contributed by atoms with Crippen LogP contribution in [0.25, 0.3) is 10.2 Å². The van der Waals surface area contributed by atoms with Crippen LogP contribution in [0, 0.1) is 20.8 Å². The number of hydrogen-bond donors (Lipinski definition) is 1. The van der Waals surface area contributed by atoms with Crippen LogP contribution in [-0.2, 0) is 6.42 Å². The topological polar surface area (TPSA) is 80.7 Å². The van der Waals surface area contributed by atoms with Crippen molar-refractivity contribution >= 4 is 43.9 Å². The van der Waals surface area contributed by atoms with E-state index in [0.717, 1.165) is 45.1 Å². The molecule has 6 nitrogen and oxygen atoms in total. The Kier molecular flexibility index (Phi) is 5.39. The molecule has 3 aromatic heterocycles. The minimum Gasteiger partial charge on any atom is -0.296 e. The van der Waals surface area contributed by atoms with Crippen LogP contribution in [0.4, 0.5) is 5.13 Å². The average molecular weight is 376 g/mol. The first-order chi connectivity index (χ1) is 12.0. The van der Waals surface area contributed by atoms with E-state index in [1.165, 1.54) is 35.5 Å². The van der Waals surface area contributed by atoms with E-state index in [9.17, 15) is 4.79 Å². The lowest BCUT2D eigenvalue weighted by Crippen LogP contribution is -2.11. The number of unbranched alkanes of at least 4 members (excludes halogenated alkanes) is 2. The van der Waals surface area contributed by atoms with Crippen molar-refractivity contribution in [1.29, 1.82) is 0 Å². The largest absolute Gasteiger partial charge is 0.296 e. The summed E-state index contributed by atoms with van der Waals surface area (Å²) >= 11 is 2.84. The molecule has 0 aliphatic heterocycles. The van der Waals surface area contributed by atoms with Gasteiger partial charge in [0.05, 0.1) is 4.88 Å². The van der Waals surface area contributed by atoms with Crippen molar-refractivity contribution in [2.75, 3.05) is 5.32 Å². The molecule has 132 valence electrons. The lowest BCUT2D eigenvalue weighted by atomic mass is 10.1. The Morgan fingerprint density at radius 2 is 1.88 bits per heavy atom. The van der Waals surface area contributed by atoms with Gasteiger partial charge in [-0.1, -0.05) is 31.1 Å². The van der Waals surface area contributed by atoms with Gasteiger partial charge >= 0.3 is 0 Å². The highest BCUT2D eigenvalue weighted by atomic mass is 32.1. The summed E-state index contributed by atoms with van der Waals surface area (Å²) in [5, 5.41) is 13.6. The van der Waals surface area contributed by atoms with Crippen molar-refractivity contribution in [3.05, 3.63) is 27.0 Å². The molecule has 0 aliphatic rings. The number of aromatic nitrogens is 4. The Labute approximate surface area is 154 Å². The fourth-order valence-corrected chi connectivity index (χ4v) is 4.72. The highest BCUT2D eigenvalue weighted by Gasteiger charge is 2.19. The highest BCUT2D eigenvalue weighted by Crippen LogP contribution is 2.32. The fraction of sp³-hybridized carbons (Fsp3) is 0.471. The van der Waals surface area contributed by atoms with E-state index in [1.807, 2.05) is 20.8 Å². The van der Waals surface area contributed by atoms with Gasteiger partial charge in [0.2, 0.25) is 5.13 Å². The van der Waals surface area contributed by atoms with Crippen molar-refractivity contribution < 1.29 is 4.79 Å². The Balaban J connectivity index is 1.79. The van der Waals surface area contributed by atoms with E-state index in [-0.39, 0.29) is 5.91 Å². The number of thiophene rings is 1. The number of carbonyl (C=O) groups is 1. The van der Waals surface area contributed by atoms with Gasteiger partial charge in [-0.25, -0.2) is 9.97 Å². The Morgan fingerprint density at radius 1 is 1.08 bits per heavy atom. The van der Waals surface area contributed by atoms with Gasteiger partial charge in [-0.3, -0.25) is 10.1 Å². The van der Waals surface area contributed by atoms with E-state index in [2.05, 4.69) is 32.4 Å². The Bertz CT molecular complexity index is 915. The molecule has 1 N–H and O–H groups in total. The average Bonchev–Trinajstić information content (AvgIpc) is 3.12. The maximum absolute atomic E-state index is 12.7. The molecule has 25 heavy (non-hydrogen) atoms. The maximum atomic E-state index is 12.7.